The number of methoxy groups -OCH3 is 3. The van der Waals surface area contributed by atoms with E-state index in [2.05, 4.69) is 10.1 Å². The molecule has 0 amide bonds. The number of aromatic nitrogens is 3. The van der Waals surface area contributed by atoms with Crippen molar-refractivity contribution in [1.29, 1.82) is 0 Å². The Kier molecular flexibility index (Phi) is 4.89. The number of rotatable bonds is 5. The van der Waals surface area contributed by atoms with Crippen LogP contribution in [0.3, 0.4) is 0 Å². The summed E-state index contributed by atoms with van der Waals surface area (Å²) in [5, 5.41) is 4.33. The first-order chi connectivity index (χ1) is 14.0. The summed E-state index contributed by atoms with van der Waals surface area (Å²) in [5.74, 6) is 1.36. The average molecular weight is 413 g/mol. The van der Waals surface area contributed by atoms with E-state index in [1.165, 1.54) is 49.3 Å². The molecule has 4 rings (SSSR count). The predicted molar refractivity (Wildman–Crippen MR) is 107 cm³/mol. The molecule has 0 saturated heterocycles. The molecule has 0 fully saturated rings. The van der Waals surface area contributed by atoms with Gasteiger partial charge in [0.1, 0.15) is 5.82 Å². The van der Waals surface area contributed by atoms with Crippen molar-refractivity contribution in [3.05, 3.63) is 62.7 Å². The molecule has 0 unspecified atom stereocenters. The Labute approximate surface area is 168 Å². The summed E-state index contributed by atoms with van der Waals surface area (Å²) in [5.41, 5.74) is 0.891. The van der Waals surface area contributed by atoms with E-state index in [1.54, 1.807) is 30.3 Å². The molecule has 7 nitrogen and oxygen atoms in total. The molecule has 0 spiro atoms. The summed E-state index contributed by atoms with van der Waals surface area (Å²) in [6.45, 7) is 0. The highest BCUT2D eigenvalue weighted by Crippen LogP contribution is 2.40. The highest BCUT2D eigenvalue weighted by molar-refractivity contribution is 7.15. The predicted octanol–water partition coefficient (Wildman–Crippen LogP) is 2.53. The monoisotopic (exact) mass is 413 g/mol. The fourth-order valence-electron chi connectivity index (χ4n) is 2.91. The van der Waals surface area contributed by atoms with Crippen molar-refractivity contribution in [2.75, 3.05) is 21.3 Å². The van der Waals surface area contributed by atoms with Crippen LogP contribution in [0.15, 0.2) is 41.2 Å². The molecule has 0 N–H and O–H groups in total. The number of ether oxygens (including phenoxy) is 3. The molecule has 4 aromatic rings. The molecule has 29 heavy (non-hydrogen) atoms. The van der Waals surface area contributed by atoms with Gasteiger partial charge in [-0.3, -0.25) is 4.79 Å². The van der Waals surface area contributed by atoms with Crippen molar-refractivity contribution >= 4 is 22.4 Å². The minimum atomic E-state index is -0.365. The number of nitrogens with zero attached hydrogens (tertiary/aromatic N) is 3. The van der Waals surface area contributed by atoms with E-state index >= 15 is 0 Å². The van der Waals surface area contributed by atoms with E-state index in [9.17, 15) is 9.18 Å². The summed E-state index contributed by atoms with van der Waals surface area (Å²) >= 11 is 1.18. The van der Waals surface area contributed by atoms with Crippen LogP contribution in [-0.2, 0) is 0 Å². The van der Waals surface area contributed by atoms with Gasteiger partial charge < -0.3 is 14.2 Å². The van der Waals surface area contributed by atoms with Crippen molar-refractivity contribution in [2.45, 2.75) is 0 Å². The first-order valence-corrected chi connectivity index (χ1v) is 9.33. The maximum Gasteiger partial charge on any atom is 0.291 e. The van der Waals surface area contributed by atoms with Gasteiger partial charge in [0.05, 0.1) is 25.9 Å². The van der Waals surface area contributed by atoms with Crippen molar-refractivity contribution < 1.29 is 18.6 Å². The molecule has 0 bridgehead atoms. The zero-order valence-electron chi connectivity index (χ0n) is 15.8. The van der Waals surface area contributed by atoms with Crippen LogP contribution in [0.4, 0.5) is 4.39 Å². The second-order valence-corrected chi connectivity index (χ2v) is 7.02. The first kappa shape index (κ1) is 18.9. The second-order valence-electron chi connectivity index (χ2n) is 6.01. The molecular formula is C20H16FN3O4S. The van der Waals surface area contributed by atoms with E-state index in [0.29, 0.717) is 43.7 Å². The molecule has 0 saturated carbocycles. The lowest BCUT2D eigenvalue weighted by molar-refractivity contribution is 0.324. The van der Waals surface area contributed by atoms with Gasteiger partial charge in [0.15, 0.2) is 17.3 Å². The average Bonchev–Trinajstić information content (AvgIpc) is 3.26. The molecule has 0 aliphatic heterocycles. The van der Waals surface area contributed by atoms with Gasteiger partial charge in [0.25, 0.3) is 5.56 Å². The van der Waals surface area contributed by atoms with Crippen LogP contribution in [0.25, 0.3) is 22.4 Å². The Morgan fingerprint density at radius 1 is 1.07 bits per heavy atom. The molecule has 0 aliphatic rings. The fourth-order valence-corrected chi connectivity index (χ4v) is 3.82. The Morgan fingerprint density at radius 3 is 2.38 bits per heavy atom. The number of hydrogen-bond donors (Lipinski definition) is 0. The van der Waals surface area contributed by atoms with Crippen LogP contribution in [0, 0.1) is 5.82 Å². The van der Waals surface area contributed by atoms with Gasteiger partial charge in [0.2, 0.25) is 10.7 Å². The van der Waals surface area contributed by atoms with Crippen LogP contribution in [0.1, 0.15) is 5.56 Å². The fraction of sp³-hybridized carbons (Fsp3) is 0.150. The van der Waals surface area contributed by atoms with E-state index in [-0.39, 0.29) is 11.4 Å². The standard InChI is InChI=1S/C20H16FN3O4S/c1-26-14-9-12(10-15(27-2)17(14)28-3)18-22-20-24(23-18)19(25)16(29-20)8-11-5-4-6-13(21)7-11/h4-10H,1-3H3/b16-8-. The molecule has 2 aromatic heterocycles. The number of halogens is 1. The zero-order chi connectivity index (χ0) is 20.5. The minimum Gasteiger partial charge on any atom is -0.493 e. The Balaban J connectivity index is 1.81. The third kappa shape index (κ3) is 3.40. The van der Waals surface area contributed by atoms with Crippen molar-refractivity contribution in [3.63, 3.8) is 0 Å². The molecule has 2 heterocycles. The molecule has 2 aromatic carbocycles. The normalized spacial score (nSPS) is 11.8. The Bertz CT molecular complexity index is 1290. The molecular weight excluding hydrogens is 397 g/mol. The highest BCUT2D eigenvalue weighted by atomic mass is 32.1. The van der Waals surface area contributed by atoms with Gasteiger partial charge in [-0.25, -0.2) is 4.39 Å². The third-order valence-corrected chi connectivity index (χ3v) is 5.21. The van der Waals surface area contributed by atoms with Gasteiger partial charge in [-0.2, -0.15) is 9.50 Å². The minimum absolute atomic E-state index is 0.319. The lowest BCUT2D eigenvalue weighted by Crippen LogP contribution is -2.23. The summed E-state index contributed by atoms with van der Waals surface area (Å²) in [7, 11) is 4.56. The summed E-state index contributed by atoms with van der Waals surface area (Å²) < 4.78 is 31.1. The lowest BCUT2D eigenvalue weighted by Gasteiger charge is -2.12. The van der Waals surface area contributed by atoms with Gasteiger partial charge in [-0.05, 0) is 35.9 Å². The molecule has 9 heteroatoms. The molecule has 0 radical (unpaired) electrons. The van der Waals surface area contributed by atoms with Gasteiger partial charge >= 0.3 is 0 Å². The zero-order valence-corrected chi connectivity index (χ0v) is 16.6. The molecule has 0 aliphatic carbocycles. The molecule has 148 valence electrons. The van der Waals surface area contributed by atoms with Gasteiger partial charge in [-0.15, -0.1) is 5.10 Å². The smallest absolute Gasteiger partial charge is 0.291 e. The summed E-state index contributed by atoms with van der Waals surface area (Å²) in [4.78, 5) is 17.6. The largest absolute Gasteiger partial charge is 0.493 e. The number of hydrogen-bond acceptors (Lipinski definition) is 7. The summed E-state index contributed by atoms with van der Waals surface area (Å²) in [6.07, 6.45) is 1.62. The van der Waals surface area contributed by atoms with E-state index < -0.39 is 0 Å². The van der Waals surface area contributed by atoms with Crippen molar-refractivity contribution in [1.82, 2.24) is 14.6 Å². The van der Waals surface area contributed by atoms with Crippen LogP contribution in [0.2, 0.25) is 0 Å². The maximum absolute atomic E-state index is 13.4. The lowest BCUT2D eigenvalue weighted by atomic mass is 10.1. The van der Waals surface area contributed by atoms with E-state index in [0.717, 1.165) is 0 Å². The topological polar surface area (TPSA) is 75.0 Å². The number of fused-ring (bicyclic) bond motifs is 1. The van der Waals surface area contributed by atoms with Gasteiger partial charge in [-0.1, -0.05) is 23.5 Å². The SMILES string of the molecule is COc1cc(-c2nc3s/c(=C\c4cccc(F)c4)c(=O)n3n2)cc(OC)c1OC. The van der Waals surface area contributed by atoms with Crippen LogP contribution in [0.5, 0.6) is 17.2 Å². The number of benzene rings is 2. The first-order valence-electron chi connectivity index (χ1n) is 8.51. The Hall–Kier alpha value is -3.46. The van der Waals surface area contributed by atoms with Crippen molar-refractivity contribution in [3.8, 4) is 28.6 Å². The quantitative estimate of drug-likeness (QED) is 0.501. The van der Waals surface area contributed by atoms with Gasteiger partial charge in [0, 0.05) is 5.56 Å². The highest BCUT2D eigenvalue weighted by Gasteiger charge is 2.18. The van der Waals surface area contributed by atoms with Crippen LogP contribution < -0.4 is 24.3 Å². The third-order valence-electron chi connectivity index (χ3n) is 4.25. The maximum atomic E-state index is 13.4. The van der Waals surface area contributed by atoms with Crippen LogP contribution >= 0.6 is 11.3 Å². The summed E-state index contributed by atoms with van der Waals surface area (Å²) in [6, 6.07) is 9.44. The van der Waals surface area contributed by atoms with Crippen LogP contribution in [-0.4, -0.2) is 35.9 Å². The number of thiazole rings is 1. The Morgan fingerprint density at radius 2 is 1.79 bits per heavy atom. The van der Waals surface area contributed by atoms with Crippen molar-refractivity contribution in [2.24, 2.45) is 0 Å². The second kappa shape index (κ2) is 7.51. The van der Waals surface area contributed by atoms with E-state index in [1.807, 2.05) is 0 Å². The molecule has 0 atom stereocenters. The van der Waals surface area contributed by atoms with E-state index in [4.69, 9.17) is 14.2 Å².